The largest absolute Gasteiger partial charge is 0.363 e. The van der Waals surface area contributed by atoms with E-state index in [4.69, 9.17) is 9.26 Å². The summed E-state index contributed by atoms with van der Waals surface area (Å²) in [4.78, 5) is 6.53. The third-order valence-corrected chi connectivity index (χ3v) is 4.05. The Balaban J connectivity index is 1.52. The van der Waals surface area contributed by atoms with Gasteiger partial charge in [-0.2, -0.15) is 9.67 Å². The van der Waals surface area contributed by atoms with Gasteiger partial charge in [0.15, 0.2) is 11.6 Å². The molecule has 0 aliphatic carbocycles. The number of rotatable bonds is 4. The standard InChI is InChI=1S/C16H19N7O2/c1-11-8-22(9-14(24-11)16-17-12(2)19-25-16)10-15-18-20-21-23(15)13-6-4-3-5-7-13/h3-7,11,14H,8-10H2,1-2H3/t11-,14-/m1/s1. The van der Waals surface area contributed by atoms with Gasteiger partial charge in [-0.1, -0.05) is 23.4 Å². The number of hydrogen-bond donors (Lipinski definition) is 0. The molecule has 0 unspecified atom stereocenters. The Morgan fingerprint density at radius 3 is 2.80 bits per heavy atom. The first-order chi connectivity index (χ1) is 12.2. The van der Waals surface area contributed by atoms with Gasteiger partial charge in [-0.25, -0.2) is 0 Å². The summed E-state index contributed by atoms with van der Waals surface area (Å²) < 4.78 is 13.0. The maximum absolute atomic E-state index is 5.95. The minimum atomic E-state index is -0.244. The van der Waals surface area contributed by atoms with Crippen LogP contribution in [0.3, 0.4) is 0 Å². The molecular formula is C16H19N7O2. The van der Waals surface area contributed by atoms with Gasteiger partial charge in [0.05, 0.1) is 18.3 Å². The van der Waals surface area contributed by atoms with Crippen LogP contribution >= 0.6 is 0 Å². The molecule has 0 bridgehead atoms. The number of benzene rings is 1. The van der Waals surface area contributed by atoms with Crippen LogP contribution in [0.4, 0.5) is 0 Å². The fourth-order valence-electron chi connectivity index (χ4n) is 3.02. The smallest absolute Gasteiger partial charge is 0.257 e. The van der Waals surface area contributed by atoms with Crippen LogP contribution in [0.25, 0.3) is 5.69 Å². The third kappa shape index (κ3) is 3.42. The zero-order chi connectivity index (χ0) is 17.2. The predicted octanol–water partition coefficient (Wildman–Crippen LogP) is 1.32. The molecule has 0 spiro atoms. The average molecular weight is 341 g/mol. The van der Waals surface area contributed by atoms with Gasteiger partial charge in [-0.05, 0) is 36.4 Å². The van der Waals surface area contributed by atoms with Crippen molar-refractivity contribution >= 4 is 0 Å². The van der Waals surface area contributed by atoms with E-state index in [0.717, 1.165) is 18.1 Å². The molecule has 9 nitrogen and oxygen atoms in total. The van der Waals surface area contributed by atoms with Crippen molar-refractivity contribution in [3.63, 3.8) is 0 Å². The van der Waals surface area contributed by atoms with Gasteiger partial charge in [0.25, 0.3) is 5.89 Å². The van der Waals surface area contributed by atoms with Crippen molar-refractivity contribution in [3.8, 4) is 5.69 Å². The highest BCUT2D eigenvalue weighted by Gasteiger charge is 2.31. The summed E-state index contributed by atoms with van der Waals surface area (Å²) in [6.07, 6.45) is -0.196. The van der Waals surface area contributed by atoms with Crippen molar-refractivity contribution in [1.82, 2.24) is 35.2 Å². The first-order valence-corrected chi connectivity index (χ1v) is 8.20. The molecule has 130 valence electrons. The molecule has 0 amide bonds. The SMILES string of the molecule is Cc1noc([C@H]2CN(Cc3nnnn3-c3ccccc3)C[C@@H](C)O2)n1. The van der Waals surface area contributed by atoms with Crippen molar-refractivity contribution < 1.29 is 9.26 Å². The van der Waals surface area contributed by atoms with Gasteiger partial charge >= 0.3 is 0 Å². The second kappa shape index (κ2) is 6.69. The van der Waals surface area contributed by atoms with Gasteiger partial charge in [0, 0.05) is 13.1 Å². The predicted molar refractivity (Wildman–Crippen MR) is 86.8 cm³/mol. The lowest BCUT2D eigenvalue weighted by Gasteiger charge is -2.34. The summed E-state index contributed by atoms with van der Waals surface area (Å²) >= 11 is 0. The number of nitrogens with zero attached hydrogens (tertiary/aromatic N) is 7. The minimum Gasteiger partial charge on any atom is -0.363 e. The van der Waals surface area contributed by atoms with E-state index in [9.17, 15) is 0 Å². The Kier molecular flexibility index (Phi) is 4.24. The van der Waals surface area contributed by atoms with E-state index < -0.39 is 0 Å². The van der Waals surface area contributed by atoms with Crippen LogP contribution in [0.2, 0.25) is 0 Å². The maximum Gasteiger partial charge on any atom is 0.257 e. The minimum absolute atomic E-state index is 0.0482. The van der Waals surface area contributed by atoms with Crippen molar-refractivity contribution in [2.24, 2.45) is 0 Å². The number of ether oxygens (including phenoxy) is 1. The summed E-state index contributed by atoms with van der Waals surface area (Å²) in [6, 6.07) is 9.85. The summed E-state index contributed by atoms with van der Waals surface area (Å²) in [5.41, 5.74) is 0.938. The maximum atomic E-state index is 5.95. The lowest BCUT2D eigenvalue weighted by Crippen LogP contribution is -2.42. The zero-order valence-corrected chi connectivity index (χ0v) is 14.1. The molecule has 3 heterocycles. The number of tetrazole rings is 1. The van der Waals surface area contributed by atoms with Gasteiger partial charge in [-0.15, -0.1) is 5.10 Å². The molecule has 4 rings (SSSR count). The lowest BCUT2D eigenvalue weighted by molar-refractivity contribution is -0.0937. The summed E-state index contributed by atoms with van der Waals surface area (Å²) in [6.45, 7) is 5.87. The summed E-state index contributed by atoms with van der Waals surface area (Å²) in [7, 11) is 0. The number of aromatic nitrogens is 6. The van der Waals surface area contributed by atoms with E-state index >= 15 is 0 Å². The van der Waals surface area contributed by atoms with E-state index in [-0.39, 0.29) is 12.2 Å². The Bertz CT molecular complexity index is 832. The molecule has 3 aromatic rings. The van der Waals surface area contributed by atoms with Crippen LogP contribution in [0.5, 0.6) is 0 Å². The monoisotopic (exact) mass is 341 g/mol. The van der Waals surface area contributed by atoms with E-state index in [1.807, 2.05) is 37.3 Å². The summed E-state index contributed by atoms with van der Waals surface area (Å²) in [5, 5.41) is 16.0. The fourth-order valence-corrected chi connectivity index (χ4v) is 3.02. The normalized spacial score (nSPS) is 21.5. The third-order valence-electron chi connectivity index (χ3n) is 4.05. The van der Waals surface area contributed by atoms with Crippen molar-refractivity contribution in [2.75, 3.05) is 13.1 Å². The molecule has 0 saturated carbocycles. The molecule has 1 aromatic carbocycles. The molecule has 1 saturated heterocycles. The van der Waals surface area contributed by atoms with Crippen LogP contribution in [0.15, 0.2) is 34.9 Å². The lowest BCUT2D eigenvalue weighted by atomic mass is 10.2. The van der Waals surface area contributed by atoms with E-state index in [0.29, 0.717) is 24.8 Å². The molecule has 0 N–H and O–H groups in total. The van der Waals surface area contributed by atoms with Gasteiger partial charge in [0.1, 0.15) is 6.10 Å². The molecule has 1 aliphatic rings. The zero-order valence-electron chi connectivity index (χ0n) is 14.1. The van der Waals surface area contributed by atoms with Gasteiger partial charge < -0.3 is 9.26 Å². The van der Waals surface area contributed by atoms with E-state index in [1.165, 1.54) is 0 Å². The molecule has 1 fully saturated rings. The first kappa shape index (κ1) is 15.9. The number of para-hydroxylation sites is 1. The van der Waals surface area contributed by atoms with Crippen LogP contribution in [-0.2, 0) is 11.3 Å². The molecule has 2 atom stereocenters. The highest BCUT2D eigenvalue weighted by Crippen LogP contribution is 2.25. The van der Waals surface area contributed by atoms with Crippen molar-refractivity contribution in [2.45, 2.75) is 32.6 Å². The molecule has 2 aromatic heterocycles. The molecule has 1 aliphatic heterocycles. The Morgan fingerprint density at radius 1 is 1.20 bits per heavy atom. The number of morpholine rings is 1. The first-order valence-electron chi connectivity index (χ1n) is 8.20. The molecule has 9 heteroatoms. The average Bonchev–Trinajstić information content (AvgIpc) is 3.24. The van der Waals surface area contributed by atoms with E-state index in [2.05, 4.69) is 30.6 Å². The van der Waals surface area contributed by atoms with Crippen LogP contribution in [0, 0.1) is 6.92 Å². The highest BCUT2D eigenvalue weighted by molar-refractivity contribution is 5.30. The fraction of sp³-hybridized carbons (Fsp3) is 0.438. The molecular weight excluding hydrogens is 322 g/mol. The van der Waals surface area contributed by atoms with Crippen LogP contribution < -0.4 is 0 Å². The van der Waals surface area contributed by atoms with Gasteiger partial charge in [-0.3, -0.25) is 4.90 Å². The van der Waals surface area contributed by atoms with Crippen LogP contribution in [-0.4, -0.2) is 54.4 Å². The Hall–Kier alpha value is -2.65. The van der Waals surface area contributed by atoms with E-state index in [1.54, 1.807) is 11.6 Å². The summed E-state index contributed by atoms with van der Waals surface area (Å²) in [5.74, 6) is 1.90. The number of aryl methyl sites for hydroxylation is 1. The molecule has 0 radical (unpaired) electrons. The molecule has 25 heavy (non-hydrogen) atoms. The highest BCUT2D eigenvalue weighted by atomic mass is 16.5. The quantitative estimate of drug-likeness (QED) is 0.701. The van der Waals surface area contributed by atoms with Gasteiger partial charge in [0.2, 0.25) is 0 Å². The topological polar surface area (TPSA) is 95.0 Å². The second-order valence-electron chi connectivity index (χ2n) is 6.15. The second-order valence-corrected chi connectivity index (χ2v) is 6.15. The van der Waals surface area contributed by atoms with Crippen LogP contribution in [0.1, 0.15) is 30.6 Å². The van der Waals surface area contributed by atoms with Crippen molar-refractivity contribution in [3.05, 3.63) is 47.9 Å². The van der Waals surface area contributed by atoms with Crippen molar-refractivity contribution in [1.29, 1.82) is 0 Å². The number of hydrogen-bond acceptors (Lipinski definition) is 8. The Morgan fingerprint density at radius 2 is 2.04 bits per heavy atom. The Labute approximate surface area is 144 Å².